The van der Waals surface area contributed by atoms with Crippen molar-refractivity contribution in [2.24, 2.45) is 0 Å². The molecule has 3 rings (SSSR count). The van der Waals surface area contributed by atoms with Crippen LogP contribution >= 0.6 is 11.6 Å². The number of hydrogen-bond acceptors (Lipinski definition) is 5. The van der Waals surface area contributed by atoms with Crippen LogP contribution in [0, 0.1) is 17.0 Å². The molecule has 0 atom stereocenters. The molecule has 0 unspecified atom stereocenters. The molecule has 118 valence electrons. The summed E-state index contributed by atoms with van der Waals surface area (Å²) in [6.45, 7) is 1.98. The van der Waals surface area contributed by atoms with Crippen LogP contribution in [0.25, 0.3) is 0 Å². The molecule has 3 aromatic rings. The van der Waals surface area contributed by atoms with Gasteiger partial charge in [-0.2, -0.15) is 4.98 Å². The highest BCUT2D eigenvalue weighted by Crippen LogP contribution is 2.33. The standard InChI is InChI=1S/C15H13ClN4O3/c1-10-17-14(15(18-10)20(21)22)19(9-13-3-2-8-23-13)12-6-4-11(16)5-7-12/h2-8H,9H2,1H3,(H,17,18). The van der Waals surface area contributed by atoms with Gasteiger partial charge in [-0.05, 0) is 41.3 Å². The average molecular weight is 333 g/mol. The van der Waals surface area contributed by atoms with E-state index in [1.807, 2.05) is 0 Å². The van der Waals surface area contributed by atoms with Gasteiger partial charge in [-0.3, -0.25) is 0 Å². The second-order valence-corrected chi connectivity index (χ2v) is 5.33. The largest absolute Gasteiger partial charge is 0.467 e. The number of rotatable bonds is 5. The van der Waals surface area contributed by atoms with Gasteiger partial charge in [0.25, 0.3) is 0 Å². The van der Waals surface area contributed by atoms with Crippen molar-refractivity contribution in [3.05, 3.63) is 69.4 Å². The number of aryl methyl sites for hydroxylation is 1. The van der Waals surface area contributed by atoms with Crippen LogP contribution in [0.5, 0.6) is 0 Å². The van der Waals surface area contributed by atoms with E-state index in [-0.39, 0.29) is 11.6 Å². The normalized spacial score (nSPS) is 10.7. The number of aromatic nitrogens is 2. The molecule has 8 heteroatoms. The van der Waals surface area contributed by atoms with Gasteiger partial charge in [0.2, 0.25) is 5.82 Å². The molecule has 0 spiro atoms. The first kappa shape index (κ1) is 15.1. The van der Waals surface area contributed by atoms with E-state index in [9.17, 15) is 10.1 Å². The first-order valence-electron chi connectivity index (χ1n) is 6.81. The number of anilines is 2. The van der Waals surface area contributed by atoms with Gasteiger partial charge in [0.05, 0.1) is 12.8 Å². The summed E-state index contributed by atoms with van der Waals surface area (Å²) in [4.78, 5) is 19.5. The fourth-order valence-electron chi connectivity index (χ4n) is 2.25. The summed E-state index contributed by atoms with van der Waals surface area (Å²) in [5.41, 5.74) is 0.723. The highest BCUT2D eigenvalue weighted by Gasteiger charge is 2.25. The number of nitro groups is 1. The minimum atomic E-state index is -0.486. The molecular formula is C15H13ClN4O3. The SMILES string of the molecule is Cc1nc(N(Cc2ccco2)c2ccc(Cl)cc2)c([N+](=O)[O-])[nH]1. The smallest absolute Gasteiger partial charge is 0.365 e. The fraction of sp³-hybridized carbons (Fsp3) is 0.133. The van der Waals surface area contributed by atoms with Crippen molar-refractivity contribution in [1.82, 2.24) is 9.97 Å². The molecule has 1 N–H and O–H groups in total. The van der Waals surface area contributed by atoms with Crippen LogP contribution in [0.15, 0.2) is 47.1 Å². The van der Waals surface area contributed by atoms with E-state index >= 15 is 0 Å². The first-order chi connectivity index (χ1) is 11.0. The molecular weight excluding hydrogens is 320 g/mol. The van der Waals surface area contributed by atoms with Crippen LogP contribution in [-0.4, -0.2) is 14.9 Å². The predicted octanol–water partition coefficient (Wildman–Crippen LogP) is 4.21. The molecule has 0 fully saturated rings. The third-order valence-electron chi connectivity index (χ3n) is 3.26. The Morgan fingerprint density at radius 2 is 2.09 bits per heavy atom. The summed E-state index contributed by atoms with van der Waals surface area (Å²) in [7, 11) is 0. The number of H-pyrrole nitrogens is 1. The lowest BCUT2D eigenvalue weighted by Crippen LogP contribution is -2.17. The fourth-order valence-corrected chi connectivity index (χ4v) is 2.38. The number of hydrogen-bond donors (Lipinski definition) is 1. The summed E-state index contributed by atoms with van der Waals surface area (Å²) >= 11 is 5.92. The molecule has 0 saturated heterocycles. The molecule has 0 radical (unpaired) electrons. The van der Waals surface area contributed by atoms with E-state index in [0.717, 1.165) is 5.69 Å². The van der Waals surface area contributed by atoms with E-state index in [2.05, 4.69) is 9.97 Å². The van der Waals surface area contributed by atoms with E-state index in [0.29, 0.717) is 23.2 Å². The third kappa shape index (κ3) is 3.19. The van der Waals surface area contributed by atoms with E-state index < -0.39 is 4.92 Å². The first-order valence-corrected chi connectivity index (χ1v) is 7.19. The topological polar surface area (TPSA) is 88.2 Å². The Hall–Kier alpha value is -2.80. The molecule has 0 bridgehead atoms. The van der Waals surface area contributed by atoms with Crippen molar-refractivity contribution in [2.45, 2.75) is 13.5 Å². The number of imidazole rings is 1. The second-order valence-electron chi connectivity index (χ2n) is 4.89. The Balaban J connectivity index is 2.08. The summed E-state index contributed by atoms with van der Waals surface area (Å²) in [5, 5.41) is 11.9. The average Bonchev–Trinajstić information content (AvgIpc) is 3.15. The second kappa shape index (κ2) is 6.13. The van der Waals surface area contributed by atoms with Crippen molar-refractivity contribution >= 4 is 28.9 Å². The van der Waals surface area contributed by atoms with Gasteiger partial charge >= 0.3 is 5.82 Å². The Morgan fingerprint density at radius 1 is 1.35 bits per heavy atom. The summed E-state index contributed by atoms with van der Waals surface area (Å²) < 4.78 is 5.36. The van der Waals surface area contributed by atoms with Gasteiger partial charge in [0, 0.05) is 17.6 Å². The van der Waals surface area contributed by atoms with Gasteiger partial charge in [0.1, 0.15) is 5.76 Å². The van der Waals surface area contributed by atoms with Crippen LogP contribution in [0.2, 0.25) is 5.02 Å². The summed E-state index contributed by atoms with van der Waals surface area (Å²) in [6.07, 6.45) is 1.56. The Labute approximate surface area is 136 Å². The summed E-state index contributed by atoms with van der Waals surface area (Å²) in [5.74, 6) is 1.19. The number of nitrogens with one attached hydrogen (secondary N) is 1. The van der Waals surface area contributed by atoms with Gasteiger partial charge < -0.3 is 19.4 Å². The number of nitrogens with zero attached hydrogens (tertiary/aromatic N) is 3. The Bertz CT molecular complexity index is 812. The third-order valence-corrected chi connectivity index (χ3v) is 3.51. The number of benzene rings is 1. The molecule has 1 aromatic carbocycles. The molecule has 0 aliphatic rings. The van der Waals surface area contributed by atoms with E-state index in [1.165, 1.54) is 0 Å². The van der Waals surface area contributed by atoms with Crippen LogP contribution in [-0.2, 0) is 6.54 Å². The molecule has 7 nitrogen and oxygen atoms in total. The van der Waals surface area contributed by atoms with Crippen LogP contribution < -0.4 is 4.90 Å². The van der Waals surface area contributed by atoms with Crippen LogP contribution in [0.1, 0.15) is 11.6 Å². The molecule has 0 aliphatic carbocycles. The van der Waals surface area contributed by atoms with Crippen molar-refractivity contribution in [2.75, 3.05) is 4.90 Å². The highest BCUT2D eigenvalue weighted by molar-refractivity contribution is 6.30. The molecule has 0 aliphatic heterocycles. The monoisotopic (exact) mass is 332 g/mol. The predicted molar refractivity (Wildman–Crippen MR) is 86.0 cm³/mol. The quantitative estimate of drug-likeness (QED) is 0.558. The van der Waals surface area contributed by atoms with Gasteiger partial charge in [0.15, 0.2) is 5.82 Å². The van der Waals surface area contributed by atoms with Crippen molar-refractivity contribution in [3.63, 3.8) is 0 Å². The highest BCUT2D eigenvalue weighted by atomic mass is 35.5. The molecule has 23 heavy (non-hydrogen) atoms. The van der Waals surface area contributed by atoms with Crippen LogP contribution in [0.4, 0.5) is 17.3 Å². The lowest BCUT2D eigenvalue weighted by molar-refractivity contribution is -0.388. The van der Waals surface area contributed by atoms with E-state index in [1.54, 1.807) is 54.5 Å². The lowest BCUT2D eigenvalue weighted by Gasteiger charge is -2.21. The molecule has 0 amide bonds. The van der Waals surface area contributed by atoms with Crippen molar-refractivity contribution < 1.29 is 9.34 Å². The maximum absolute atomic E-state index is 11.3. The van der Waals surface area contributed by atoms with Crippen LogP contribution in [0.3, 0.4) is 0 Å². The maximum Gasteiger partial charge on any atom is 0.365 e. The van der Waals surface area contributed by atoms with Gasteiger partial charge in [-0.1, -0.05) is 11.6 Å². The number of furan rings is 1. The zero-order valence-corrected chi connectivity index (χ0v) is 12.9. The summed E-state index contributed by atoms with van der Waals surface area (Å²) in [6, 6.07) is 10.6. The molecule has 0 saturated carbocycles. The molecule has 2 heterocycles. The maximum atomic E-state index is 11.3. The van der Waals surface area contributed by atoms with Crippen molar-refractivity contribution in [3.8, 4) is 0 Å². The number of aromatic amines is 1. The van der Waals surface area contributed by atoms with E-state index in [4.69, 9.17) is 16.0 Å². The Morgan fingerprint density at radius 3 is 2.70 bits per heavy atom. The zero-order valence-electron chi connectivity index (χ0n) is 12.2. The van der Waals surface area contributed by atoms with Gasteiger partial charge in [-0.15, -0.1) is 0 Å². The zero-order chi connectivity index (χ0) is 16.4. The molecule has 2 aromatic heterocycles. The van der Waals surface area contributed by atoms with Gasteiger partial charge in [-0.25, -0.2) is 4.98 Å². The lowest BCUT2D eigenvalue weighted by atomic mass is 10.2. The minimum absolute atomic E-state index is 0.163. The minimum Gasteiger partial charge on any atom is -0.467 e. The Kier molecular flexibility index (Phi) is 4.03. The number of halogens is 1. The van der Waals surface area contributed by atoms with Crippen molar-refractivity contribution in [1.29, 1.82) is 0 Å².